The first-order valence-corrected chi connectivity index (χ1v) is 12.7. The van der Waals surface area contributed by atoms with Crippen molar-refractivity contribution in [2.24, 2.45) is 5.73 Å². The number of carboxylic acids is 1. The monoisotopic (exact) mass is 526 g/mol. The molecule has 192 valence electrons. The number of carbonyl (C=O) groups is 4. The molecule has 0 aromatic carbocycles. The Hall–Kier alpha value is -3.04. The third-order valence-electron chi connectivity index (χ3n) is 4.98. The molecule has 0 aliphatic rings. The van der Waals surface area contributed by atoms with Crippen LogP contribution in [-0.2, 0) is 32.0 Å². The molecule has 35 heavy (non-hydrogen) atoms. The molecule has 2 rings (SSSR count). The third kappa shape index (κ3) is 9.26. The van der Waals surface area contributed by atoms with Crippen molar-refractivity contribution >= 4 is 48.1 Å². The highest BCUT2D eigenvalue weighted by Gasteiger charge is 2.30. The quantitative estimate of drug-likeness (QED) is 0.126. The van der Waals surface area contributed by atoms with E-state index in [0.717, 1.165) is 0 Å². The average Bonchev–Trinajstić information content (AvgIpc) is 3.53. The number of aromatic amines is 2. The van der Waals surface area contributed by atoms with E-state index in [2.05, 4.69) is 48.5 Å². The van der Waals surface area contributed by atoms with Gasteiger partial charge in [-0.05, 0) is 18.4 Å². The molecule has 0 aliphatic heterocycles. The molecule has 4 atom stereocenters. The minimum atomic E-state index is -1.23. The SMILES string of the molecule is CSCCC(NC(=O)C(CS)NC(=O)C(N)Cc1cnc[nH]1)C(=O)NC(Cc1cnc[nH]1)C(=O)O. The van der Waals surface area contributed by atoms with Gasteiger partial charge >= 0.3 is 5.97 Å². The molecule has 0 radical (unpaired) electrons. The topological polar surface area (TPSA) is 208 Å². The van der Waals surface area contributed by atoms with Crippen LogP contribution in [0.3, 0.4) is 0 Å². The van der Waals surface area contributed by atoms with Crippen LogP contribution in [0, 0.1) is 0 Å². The molecule has 4 unspecified atom stereocenters. The number of imidazole rings is 2. The highest BCUT2D eigenvalue weighted by Crippen LogP contribution is 2.05. The molecule has 0 spiro atoms. The molecule has 0 bridgehead atoms. The van der Waals surface area contributed by atoms with E-state index in [0.29, 0.717) is 17.1 Å². The maximum atomic E-state index is 12.9. The maximum Gasteiger partial charge on any atom is 0.326 e. The predicted octanol–water partition coefficient (Wildman–Crippen LogP) is -1.53. The Labute approximate surface area is 211 Å². The molecule has 2 heterocycles. The van der Waals surface area contributed by atoms with Gasteiger partial charge in [0.15, 0.2) is 0 Å². The zero-order valence-electron chi connectivity index (χ0n) is 19.1. The number of amides is 3. The van der Waals surface area contributed by atoms with Crippen LogP contribution >= 0.6 is 24.4 Å². The van der Waals surface area contributed by atoms with Crippen LogP contribution in [0.4, 0.5) is 0 Å². The molecular weight excluding hydrogens is 496 g/mol. The van der Waals surface area contributed by atoms with E-state index >= 15 is 0 Å². The maximum absolute atomic E-state index is 12.9. The second-order valence-electron chi connectivity index (χ2n) is 7.65. The Morgan fingerprint density at radius 2 is 1.51 bits per heavy atom. The normalized spacial score (nSPS) is 14.4. The number of aliphatic carboxylic acids is 1. The largest absolute Gasteiger partial charge is 0.480 e. The van der Waals surface area contributed by atoms with Gasteiger partial charge in [-0.2, -0.15) is 24.4 Å². The number of nitrogens with one attached hydrogen (secondary N) is 5. The van der Waals surface area contributed by atoms with Gasteiger partial charge in [-0.3, -0.25) is 14.4 Å². The number of H-pyrrole nitrogens is 2. The summed E-state index contributed by atoms with van der Waals surface area (Å²) >= 11 is 5.60. The van der Waals surface area contributed by atoms with E-state index in [4.69, 9.17) is 5.73 Å². The van der Waals surface area contributed by atoms with Gasteiger partial charge in [0, 0.05) is 42.4 Å². The molecule has 2 aromatic heterocycles. The first kappa shape index (κ1) is 28.2. The predicted molar refractivity (Wildman–Crippen MR) is 133 cm³/mol. The van der Waals surface area contributed by atoms with E-state index in [1.807, 2.05) is 6.26 Å². The third-order valence-corrected chi connectivity index (χ3v) is 5.99. The molecule has 13 nitrogen and oxygen atoms in total. The number of rotatable bonds is 15. The molecule has 3 amide bonds. The van der Waals surface area contributed by atoms with Crippen LogP contribution in [0.15, 0.2) is 25.0 Å². The summed E-state index contributed by atoms with van der Waals surface area (Å²) in [5.74, 6) is -2.59. The standard InChI is InChI=1S/C20H30N8O5S2/c1-35-3-2-14(18(30)27-15(20(32)33)5-12-7-23-10-25-12)26-19(31)16(8-34)28-17(29)13(21)4-11-6-22-9-24-11/h6-7,9-10,13-16,34H,2-5,8,21H2,1H3,(H,22,24)(H,23,25)(H,26,31)(H,27,30)(H,28,29)(H,32,33). The first-order chi connectivity index (χ1) is 16.7. The second kappa shape index (κ2) is 14.4. The first-order valence-electron chi connectivity index (χ1n) is 10.7. The Kier molecular flexibility index (Phi) is 11.6. The summed E-state index contributed by atoms with van der Waals surface area (Å²) in [6.07, 6.45) is 8.16. The zero-order valence-corrected chi connectivity index (χ0v) is 20.8. The minimum Gasteiger partial charge on any atom is -0.480 e. The highest BCUT2D eigenvalue weighted by atomic mass is 32.2. The van der Waals surface area contributed by atoms with E-state index in [-0.39, 0.29) is 25.0 Å². The number of carboxylic acid groups (broad SMARTS) is 1. The molecule has 0 saturated heterocycles. The number of thioether (sulfide) groups is 1. The van der Waals surface area contributed by atoms with Gasteiger partial charge in [0.1, 0.15) is 18.1 Å². The van der Waals surface area contributed by atoms with Crippen LogP contribution in [0.2, 0.25) is 0 Å². The van der Waals surface area contributed by atoms with Crippen LogP contribution in [0.5, 0.6) is 0 Å². The lowest BCUT2D eigenvalue weighted by Crippen LogP contribution is -2.58. The van der Waals surface area contributed by atoms with Gasteiger partial charge in [0.05, 0.1) is 18.7 Å². The molecule has 8 N–H and O–H groups in total. The van der Waals surface area contributed by atoms with Crippen molar-refractivity contribution in [3.63, 3.8) is 0 Å². The average molecular weight is 527 g/mol. The smallest absolute Gasteiger partial charge is 0.326 e. The Morgan fingerprint density at radius 1 is 0.971 bits per heavy atom. The fraction of sp³-hybridized carbons (Fsp3) is 0.500. The summed E-state index contributed by atoms with van der Waals surface area (Å²) in [6, 6.07) is -4.22. The fourth-order valence-corrected chi connectivity index (χ4v) is 3.79. The number of hydrogen-bond acceptors (Lipinski definition) is 9. The summed E-state index contributed by atoms with van der Waals surface area (Å²) in [7, 11) is 0. The number of aromatic nitrogens is 4. The highest BCUT2D eigenvalue weighted by molar-refractivity contribution is 7.98. The zero-order chi connectivity index (χ0) is 25.8. The van der Waals surface area contributed by atoms with Crippen molar-refractivity contribution in [3.05, 3.63) is 36.4 Å². The van der Waals surface area contributed by atoms with Gasteiger partial charge in [-0.25, -0.2) is 14.8 Å². The Balaban J connectivity index is 2.00. The van der Waals surface area contributed by atoms with E-state index in [1.165, 1.54) is 30.6 Å². The lowest BCUT2D eigenvalue weighted by atomic mass is 10.1. The second-order valence-corrected chi connectivity index (χ2v) is 9.00. The lowest BCUT2D eigenvalue weighted by Gasteiger charge is -2.24. The number of nitrogens with zero attached hydrogens (tertiary/aromatic N) is 2. The van der Waals surface area contributed by atoms with Crippen molar-refractivity contribution in [3.8, 4) is 0 Å². The molecule has 0 saturated carbocycles. The van der Waals surface area contributed by atoms with E-state index < -0.39 is 47.9 Å². The number of hydrogen-bond donors (Lipinski definition) is 8. The lowest BCUT2D eigenvalue weighted by molar-refractivity contribution is -0.142. The number of nitrogens with two attached hydrogens (primary N) is 1. The van der Waals surface area contributed by atoms with Gasteiger partial charge < -0.3 is 36.8 Å². The summed E-state index contributed by atoms with van der Waals surface area (Å²) in [5, 5.41) is 17.1. The van der Waals surface area contributed by atoms with Gasteiger partial charge in [-0.15, -0.1) is 0 Å². The minimum absolute atomic E-state index is 0.00614. The Morgan fingerprint density at radius 3 is 2.03 bits per heavy atom. The van der Waals surface area contributed by atoms with Crippen LogP contribution in [-0.4, -0.2) is 90.7 Å². The van der Waals surface area contributed by atoms with Crippen molar-refractivity contribution < 1.29 is 24.3 Å². The van der Waals surface area contributed by atoms with E-state index in [1.54, 1.807) is 6.20 Å². The summed E-state index contributed by atoms with van der Waals surface area (Å²) < 4.78 is 0. The summed E-state index contributed by atoms with van der Waals surface area (Å²) in [6.45, 7) is 0. The molecule has 0 fully saturated rings. The van der Waals surface area contributed by atoms with Gasteiger partial charge in [0.25, 0.3) is 0 Å². The van der Waals surface area contributed by atoms with Crippen LogP contribution in [0.1, 0.15) is 17.8 Å². The van der Waals surface area contributed by atoms with Crippen molar-refractivity contribution in [2.45, 2.75) is 43.4 Å². The number of carbonyl (C=O) groups excluding carboxylic acids is 3. The molecule has 15 heteroatoms. The molecular formula is C20H30N8O5S2. The summed E-state index contributed by atoms with van der Waals surface area (Å²) in [5.41, 5.74) is 7.12. The van der Waals surface area contributed by atoms with Gasteiger partial charge in [0.2, 0.25) is 17.7 Å². The van der Waals surface area contributed by atoms with Crippen molar-refractivity contribution in [2.75, 3.05) is 17.8 Å². The van der Waals surface area contributed by atoms with Gasteiger partial charge in [-0.1, -0.05) is 0 Å². The van der Waals surface area contributed by atoms with Crippen molar-refractivity contribution in [1.29, 1.82) is 0 Å². The van der Waals surface area contributed by atoms with E-state index in [9.17, 15) is 24.3 Å². The summed E-state index contributed by atoms with van der Waals surface area (Å²) in [4.78, 5) is 63.2. The Bertz CT molecular complexity index is 957. The fourth-order valence-electron chi connectivity index (χ4n) is 3.06. The molecule has 0 aliphatic carbocycles. The van der Waals surface area contributed by atoms with Crippen molar-refractivity contribution in [1.82, 2.24) is 35.9 Å². The molecule has 2 aromatic rings. The van der Waals surface area contributed by atoms with Crippen LogP contribution in [0.25, 0.3) is 0 Å². The number of thiol groups is 1. The van der Waals surface area contributed by atoms with Crippen LogP contribution < -0.4 is 21.7 Å².